The van der Waals surface area contributed by atoms with Gasteiger partial charge < -0.3 is 20.3 Å². The highest BCUT2D eigenvalue weighted by molar-refractivity contribution is 14.0. The van der Waals surface area contributed by atoms with Crippen LogP contribution in [-0.4, -0.2) is 45.3 Å². The van der Waals surface area contributed by atoms with E-state index in [0.717, 1.165) is 41.9 Å². The molecule has 1 saturated heterocycles. The first-order valence-electron chi connectivity index (χ1n) is 7.78. The summed E-state index contributed by atoms with van der Waals surface area (Å²) in [5.74, 6) is 1.78. The molecular weight excluding hydrogens is 427 g/mol. The first-order valence-corrected chi connectivity index (χ1v) is 8.15. The Labute approximate surface area is 159 Å². The van der Waals surface area contributed by atoms with E-state index < -0.39 is 0 Å². The van der Waals surface area contributed by atoms with Gasteiger partial charge in [0.2, 0.25) is 0 Å². The Morgan fingerprint density at radius 3 is 2.65 bits per heavy atom. The van der Waals surface area contributed by atoms with Crippen LogP contribution in [0.15, 0.2) is 23.2 Å². The van der Waals surface area contributed by atoms with Crippen LogP contribution in [-0.2, 0) is 0 Å². The summed E-state index contributed by atoms with van der Waals surface area (Å²) in [4.78, 5) is 6.62. The minimum atomic E-state index is 0. The molecule has 3 rings (SSSR count). The molecule has 1 atom stereocenters. The number of nitrogens with zero attached hydrogens (tertiary/aromatic N) is 2. The molecule has 0 amide bonds. The van der Waals surface area contributed by atoms with Crippen LogP contribution in [0.3, 0.4) is 0 Å². The minimum absolute atomic E-state index is 0. The van der Waals surface area contributed by atoms with Gasteiger partial charge in [0.05, 0.1) is 12.8 Å². The highest BCUT2D eigenvalue weighted by Gasteiger charge is 2.27. The summed E-state index contributed by atoms with van der Waals surface area (Å²) in [6.07, 6.45) is 3.56. The van der Waals surface area contributed by atoms with Gasteiger partial charge in [0.1, 0.15) is 5.75 Å². The predicted octanol–water partition coefficient (Wildman–Crippen LogP) is 2.87. The zero-order chi connectivity index (χ0) is 15.5. The molecule has 0 aromatic heterocycles. The van der Waals surface area contributed by atoms with Crippen molar-refractivity contribution in [3.05, 3.63) is 23.2 Å². The van der Waals surface area contributed by atoms with Crippen molar-refractivity contribution in [2.24, 2.45) is 4.99 Å². The maximum absolute atomic E-state index is 6.13. The zero-order valence-electron chi connectivity index (χ0n) is 13.5. The lowest BCUT2D eigenvalue weighted by Gasteiger charge is -2.22. The second-order valence-electron chi connectivity index (χ2n) is 5.88. The number of guanidine groups is 1. The topological polar surface area (TPSA) is 48.9 Å². The Bertz CT molecular complexity index is 565. The molecule has 0 radical (unpaired) electrons. The number of rotatable bonds is 4. The fourth-order valence-corrected chi connectivity index (χ4v) is 2.96. The average molecular weight is 451 g/mol. The summed E-state index contributed by atoms with van der Waals surface area (Å²) in [7, 11) is 3.52. The van der Waals surface area contributed by atoms with Gasteiger partial charge in [-0.1, -0.05) is 11.6 Å². The average Bonchev–Trinajstić information content (AvgIpc) is 3.22. The number of nitrogens with one attached hydrogen (secondary N) is 2. The molecule has 1 aliphatic carbocycles. The normalized spacial score (nSPS) is 20.9. The molecule has 5 nitrogen and oxygen atoms in total. The summed E-state index contributed by atoms with van der Waals surface area (Å²) >= 11 is 6.13. The van der Waals surface area contributed by atoms with Crippen LogP contribution < -0.4 is 20.3 Å². The monoisotopic (exact) mass is 450 g/mol. The van der Waals surface area contributed by atoms with Gasteiger partial charge >= 0.3 is 0 Å². The molecule has 1 saturated carbocycles. The fourth-order valence-electron chi connectivity index (χ4n) is 2.79. The number of hydrogen-bond donors (Lipinski definition) is 2. The highest BCUT2D eigenvalue weighted by Crippen LogP contribution is 2.33. The molecule has 23 heavy (non-hydrogen) atoms. The van der Waals surface area contributed by atoms with Crippen molar-refractivity contribution < 1.29 is 4.74 Å². The van der Waals surface area contributed by atoms with Gasteiger partial charge in [0.15, 0.2) is 5.96 Å². The van der Waals surface area contributed by atoms with Crippen LogP contribution in [0.4, 0.5) is 5.69 Å². The molecule has 1 aliphatic heterocycles. The van der Waals surface area contributed by atoms with Crippen molar-refractivity contribution in [3.8, 4) is 5.75 Å². The molecule has 2 aliphatic rings. The molecule has 128 valence electrons. The summed E-state index contributed by atoms with van der Waals surface area (Å²) in [5.41, 5.74) is 1.06. The van der Waals surface area contributed by atoms with Crippen LogP contribution in [0.1, 0.15) is 19.3 Å². The number of ether oxygens (including phenoxy) is 1. The summed E-state index contributed by atoms with van der Waals surface area (Å²) in [5, 5.41) is 7.68. The maximum Gasteiger partial charge on any atom is 0.191 e. The first-order chi connectivity index (χ1) is 10.7. The van der Waals surface area contributed by atoms with Crippen LogP contribution in [0.2, 0.25) is 5.02 Å². The molecule has 1 aromatic rings. The van der Waals surface area contributed by atoms with E-state index in [1.54, 1.807) is 7.11 Å². The third-order valence-electron chi connectivity index (χ3n) is 4.15. The highest BCUT2D eigenvalue weighted by atomic mass is 127. The van der Waals surface area contributed by atoms with Crippen molar-refractivity contribution in [2.75, 3.05) is 32.1 Å². The third-order valence-corrected chi connectivity index (χ3v) is 4.39. The Balaban J connectivity index is 0.00000192. The molecule has 0 spiro atoms. The Kier molecular flexibility index (Phi) is 6.64. The van der Waals surface area contributed by atoms with Gasteiger partial charge in [0.25, 0.3) is 0 Å². The van der Waals surface area contributed by atoms with Gasteiger partial charge in [-0.15, -0.1) is 24.0 Å². The molecule has 1 aromatic carbocycles. The van der Waals surface area contributed by atoms with Gasteiger partial charge in [-0.3, -0.25) is 4.99 Å². The van der Waals surface area contributed by atoms with Crippen molar-refractivity contribution >= 4 is 47.2 Å². The Morgan fingerprint density at radius 2 is 2.00 bits per heavy atom. The molecule has 1 unspecified atom stereocenters. The second-order valence-corrected chi connectivity index (χ2v) is 6.32. The lowest BCUT2D eigenvalue weighted by molar-refractivity contribution is 0.415. The Morgan fingerprint density at radius 1 is 1.26 bits per heavy atom. The van der Waals surface area contributed by atoms with Crippen molar-refractivity contribution in [1.82, 2.24) is 10.6 Å². The van der Waals surface area contributed by atoms with Crippen LogP contribution in [0.5, 0.6) is 5.75 Å². The van der Waals surface area contributed by atoms with Gasteiger partial charge in [-0.2, -0.15) is 0 Å². The number of anilines is 1. The lowest BCUT2D eigenvalue weighted by Crippen LogP contribution is -2.45. The van der Waals surface area contributed by atoms with Crippen molar-refractivity contribution in [3.63, 3.8) is 0 Å². The fraction of sp³-hybridized carbons (Fsp3) is 0.562. The summed E-state index contributed by atoms with van der Waals surface area (Å²) in [6, 6.07) is 6.74. The predicted molar refractivity (Wildman–Crippen MR) is 107 cm³/mol. The van der Waals surface area contributed by atoms with Gasteiger partial charge in [-0.25, -0.2) is 0 Å². The van der Waals surface area contributed by atoms with E-state index in [1.165, 1.54) is 12.8 Å². The summed E-state index contributed by atoms with van der Waals surface area (Å²) in [6.45, 7) is 1.90. The van der Waals surface area contributed by atoms with Gasteiger partial charge in [0, 0.05) is 37.2 Å². The first kappa shape index (κ1) is 18.4. The zero-order valence-corrected chi connectivity index (χ0v) is 16.6. The maximum atomic E-state index is 6.13. The molecule has 2 fully saturated rings. The van der Waals surface area contributed by atoms with Crippen molar-refractivity contribution in [2.45, 2.75) is 31.3 Å². The van der Waals surface area contributed by atoms with E-state index in [4.69, 9.17) is 16.3 Å². The molecule has 2 N–H and O–H groups in total. The quantitative estimate of drug-likeness (QED) is 0.421. The molecule has 0 bridgehead atoms. The van der Waals surface area contributed by atoms with Crippen LogP contribution >= 0.6 is 35.6 Å². The Hall–Kier alpha value is -0.890. The largest absolute Gasteiger partial charge is 0.495 e. The lowest BCUT2D eigenvalue weighted by atomic mass is 10.2. The number of hydrogen-bond acceptors (Lipinski definition) is 3. The standard InChI is InChI=1S/C16H23ClN4O.HI/c1-18-16(19-12-4-5-12)20-13-7-8-21(10-13)14-9-11(17)3-6-15(14)22-2;/h3,6,9,12-13H,4-5,7-8,10H2,1-2H3,(H2,18,19,20);1H. The number of halogens is 2. The van der Waals surface area contributed by atoms with Gasteiger partial charge in [-0.05, 0) is 37.5 Å². The third kappa shape index (κ3) is 4.79. The SMILES string of the molecule is CN=C(NC1CC1)NC1CCN(c2cc(Cl)ccc2OC)C1.I. The van der Waals surface area contributed by atoms with E-state index in [-0.39, 0.29) is 24.0 Å². The second kappa shape index (κ2) is 8.28. The molecule has 1 heterocycles. The summed E-state index contributed by atoms with van der Waals surface area (Å²) < 4.78 is 5.45. The van der Waals surface area contributed by atoms with E-state index in [2.05, 4.69) is 20.5 Å². The smallest absolute Gasteiger partial charge is 0.191 e. The van der Waals surface area contributed by atoms with Crippen LogP contribution in [0.25, 0.3) is 0 Å². The minimum Gasteiger partial charge on any atom is -0.495 e. The van der Waals surface area contributed by atoms with E-state index in [9.17, 15) is 0 Å². The van der Waals surface area contributed by atoms with Crippen molar-refractivity contribution in [1.29, 1.82) is 0 Å². The molecule has 7 heteroatoms. The van der Waals surface area contributed by atoms with E-state index in [0.29, 0.717) is 12.1 Å². The number of aliphatic imine (C=N–C) groups is 1. The van der Waals surface area contributed by atoms with E-state index >= 15 is 0 Å². The number of methoxy groups -OCH3 is 1. The number of benzene rings is 1. The molecular formula is C16H24ClIN4O. The van der Waals surface area contributed by atoms with E-state index in [1.807, 2.05) is 25.2 Å². The van der Waals surface area contributed by atoms with Crippen LogP contribution in [0, 0.1) is 0 Å².